The number of amides is 1. The number of para-hydroxylation sites is 1. The van der Waals surface area contributed by atoms with Gasteiger partial charge >= 0.3 is 0 Å². The van der Waals surface area contributed by atoms with Gasteiger partial charge in [0.25, 0.3) is 5.91 Å². The SMILES string of the molecule is COc1cccc(C(=O)N2CC3CCC(N)C3C2)c1OC.Cl. The molecule has 0 aromatic heterocycles. The Balaban J connectivity index is 0.00000176. The van der Waals surface area contributed by atoms with Gasteiger partial charge in [0.15, 0.2) is 11.5 Å². The van der Waals surface area contributed by atoms with E-state index in [9.17, 15) is 4.79 Å². The van der Waals surface area contributed by atoms with E-state index in [0.717, 1.165) is 25.9 Å². The van der Waals surface area contributed by atoms with Gasteiger partial charge in [0.1, 0.15) is 0 Å². The molecule has 2 aliphatic rings. The third kappa shape index (κ3) is 2.75. The predicted octanol–water partition coefficient (Wildman–Crippen LogP) is 1.93. The summed E-state index contributed by atoms with van der Waals surface area (Å²) in [5.41, 5.74) is 6.70. The molecule has 5 nitrogen and oxygen atoms in total. The van der Waals surface area contributed by atoms with Crippen LogP contribution in [0.1, 0.15) is 23.2 Å². The van der Waals surface area contributed by atoms with E-state index >= 15 is 0 Å². The van der Waals surface area contributed by atoms with Crippen LogP contribution in [-0.2, 0) is 0 Å². The lowest BCUT2D eigenvalue weighted by molar-refractivity contribution is 0.0775. The highest BCUT2D eigenvalue weighted by atomic mass is 35.5. The standard InChI is InChI=1S/C16H22N2O3.ClH/c1-20-14-5-3-4-11(15(14)21-2)16(19)18-8-10-6-7-13(17)12(10)9-18;/h3-5,10,12-13H,6-9,17H2,1-2H3;1H. The number of carbonyl (C=O) groups excluding carboxylic acids is 1. The van der Waals surface area contributed by atoms with Gasteiger partial charge in [-0.25, -0.2) is 0 Å². The van der Waals surface area contributed by atoms with Crippen molar-refractivity contribution in [3.05, 3.63) is 23.8 Å². The first-order valence-electron chi connectivity index (χ1n) is 7.41. The maximum Gasteiger partial charge on any atom is 0.257 e. The van der Waals surface area contributed by atoms with E-state index in [2.05, 4.69) is 0 Å². The summed E-state index contributed by atoms with van der Waals surface area (Å²) < 4.78 is 10.6. The van der Waals surface area contributed by atoms with E-state index in [1.165, 1.54) is 0 Å². The number of nitrogens with zero attached hydrogens (tertiary/aromatic N) is 1. The van der Waals surface area contributed by atoms with Crippen molar-refractivity contribution in [1.82, 2.24) is 4.90 Å². The highest BCUT2D eigenvalue weighted by Crippen LogP contribution is 2.39. The van der Waals surface area contributed by atoms with Crippen molar-refractivity contribution in [3.63, 3.8) is 0 Å². The number of likely N-dealkylation sites (tertiary alicyclic amines) is 1. The second-order valence-corrected chi connectivity index (χ2v) is 5.92. The number of ether oxygens (including phenoxy) is 2. The van der Waals surface area contributed by atoms with Crippen molar-refractivity contribution in [2.75, 3.05) is 27.3 Å². The van der Waals surface area contributed by atoms with E-state index in [4.69, 9.17) is 15.2 Å². The molecule has 1 aliphatic carbocycles. The Morgan fingerprint density at radius 2 is 2.00 bits per heavy atom. The summed E-state index contributed by atoms with van der Waals surface area (Å²) in [6.07, 6.45) is 2.21. The van der Waals surface area contributed by atoms with Crippen molar-refractivity contribution < 1.29 is 14.3 Å². The lowest BCUT2D eigenvalue weighted by Gasteiger charge is -2.20. The lowest BCUT2D eigenvalue weighted by Crippen LogP contribution is -2.33. The molecule has 1 saturated heterocycles. The smallest absolute Gasteiger partial charge is 0.257 e. The maximum atomic E-state index is 12.8. The van der Waals surface area contributed by atoms with Crippen LogP contribution in [0.3, 0.4) is 0 Å². The van der Waals surface area contributed by atoms with Crippen LogP contribution < -0.4 is 15.2 Å². The zero-order valence-corrected chi connectivity index (χ0v) is 13.8. The Labute approximate surface area is 137 Å². The Kier molecular flexibility index (Phi) is 5.19. The normalized spacial score (nSPS) is 26.3. The number of fused-ring (bicyclic) bond motifs is 1. The first-order chi connectivity index (χ1) is 10.2. The Morgan fingerprint density at radius 3 is 2.64 bits per heavy atom. The summed E-state index contributed by atoms with van der Waals surface area (Å²) in [6, 6.07) is 5.64. The highest BCUT2D eigenvalue weighted by Gasteiger charge is 2.43. The van der Waals surface area contributed by atoms with Crippen molar-refractivity contribution in [3.8, 4) is 11.5 Å². The number of methoxy groups -OCH3 is 2. The number of halogens is 1. The van der Waals surface area contributed by atoms with E-state index in [-0.39, 0.29) is 24.4 Å². The van der Waals surface area contributed by atoms with Crippen molar-refractivity contribution in [1.29, 1.82) is 0 Å². The molecule has 3 atom stereocenters. The molecule has 1 aromatic rings. The molecule has 0 spiro atoms. The van der Waals surface area contributed by atoms with Crippen LogP contribution in [-0.4, -0.2) is 44.2 Å². The summed E-state index contributed by atoms with van der Waals surface area (Å²) in [5.74, 6) is 2.10. The second kappa shape index (κ2) is 6.75. The van der Waals surface area contributed by atoms with E-state index in [1.54, 1.807) is 26.4 Å². The zero-order valence-electron chi connectivity index (χ0n) is 13.0. The molecular formula is C16H23ClN2O3. The molecular weight excluding hydrogens is 304 g/mol. The van der Waals surface area contributed by atoms with Crippen molar-refractivity contribution in [2.45, 2.75) is 18.9 Å². The molecule has 22 heavy (non-hydrogen) atoms. The minimum Gasteiger partial charge on any atom is -0.493 e. The van der Waals surface area contributed by atoms with Crippen LogP contribution in [0.15, 0.2) is 18.2 Å². The molecule has 3 unspecified atom stereocenters. The first kappa shape index (κ1) is 16.9. The predicted molar refractivity (Wildman–Crippen MR) is 86.9 cm³/mol. The number of hydrogen-bond acceptors (Lipinski definition) is 4. The largest absolute Gasteiger partial charge is 0.493 e. The quantitative estimate of drug-likeness (QED) is 0.922. The minimum atomic E-state index is 0. The molecule has 1 heterocycles. The first-order valence-corrected chi connectivity index (χ1v) is 7.41. The van der Waals surface area contributed by atoms with Crippen LogP contribution in [0.2, 0.25) is 0 Å². The van der Waals surface area contributed by atoms with Crippen molar-refractivity contribution in [2.24, 2.45) is 17.6 Å². The number of carbonyl (C=O) groups is 1. The summed E-state index contributed by atoms with van der Waals surface area (Å²) in [6.45, 7) is 1.56. The van der Waals surface area contributed by atoms with Crippen LogP contribution in [0.25, 0.3) is 0 Å². The average molecular weight is 327 g/mol. The molecule has 6 heteroatoms. The second-order valence-electron chi connectivity index (χ2n) is 5.92. The third-order valence-corrected chi connectivity index (χ3v) is 4.83. The van der Waals surface area contributed by atoms with E-state index in [0.29, 0.717) is 28.9 Å². The monoisotopic (exact) mass is 326 g/mol. The number of benzene rings is 1. The molecule has 2 fully saturated rings. The van der Waals surface area contributed by atoms with Gasteiger partial charge < -0.3 is 20.1 Å². The molecule has 1 saturated carbocycles. The average Bonchev–Trinajstić information content (AvgIpc) is 3.08. The fourth-order valence-electron chi connectivity index (χ4n) is 3.70. The van der Waals surface area contributed by atoms with E-state index in [1.807, 2.05) is 11.0 Å². The Morgan fingerprint density at radius 1 is 1.23 bits per heavy atom. The number of rotatable bonds is 3. The number of hydrogen-bond donors (Lipinski definition) is 1. The Hall–Kier alpha value is -1.46. The molecule has 2 N–H and O–H groups in total. The molecule has 122 valence electrons. The zero-order chi connectivity index (χ0) is 15.0. The topological polar surface area (TPSA) is 64.8 Å². The summed E-state index contributed by atoms with van der Waals surface area (Å²) in [7, 11) is 3.13. The van der Waals surface area contributed by atoms with Gasteiger partial charge in [-0.15, -0.1) is 12.4 Å². The van der Waals surface area contributed by atoms with Gasteiger partial charge in [-0.05, 0) is 36.8 Å². The molecule has 0 radical (unpaired) electrons. The lowest BCUT2D eigenvalue weighted by atomic mass is 9.98. The summed E-state index contributed by atoms with van der Waals surface area (Å²) >= 11 is 0. The van der Waals surface area contributed by atoms with Gasteiger partial charge in [-0.3, -0.25) is 4.79 Å². The molecule has 0 bridgehead atoms. The minimum absolute atomic E-state index is 0. The molecule has 3 rings (SSSR count). The fraction of sp³-hybridized carbons (Fsp3) is 0.562. The van der Waals surface area contributed by atoms with Crippen LogP contribution in [0, 0.1) is 11.8 Å². The Bertz CT molecular complexity index is 552. The van der Waals surface area contributed by atoms with Crippen LogP contribution in [0.5, 0.6) is 11.5 Å². The fourth-order valence-corrected chi connectivity index (χ4v) is 3.70. The van der Waals surface area contributed by atoms with Gasteiger partial charge in [0.2, 0.25) is 0 Å². The third-order valence-electron chi connectivity index (χ3n) is 4.83. The number of nitrogens with two attached hydrogens (primary N) is 1. The van der Waals surface area contributed by atoms with Crippen LogP contribution in [0.4, 0.5) is 0 Å². The summed E-state index contributed by atoms with van der Waals surface area (Å²) in [5, 5.41) is 0. The highest BCUT2D eigenvalue weighted by molar-refractivity contribution is 5.98. The molecule has 1 aliphatic heterocycles. The molecule has 1 aromatic carbocycles. The van der Waals surface area contributed by atoms with Gasteiger partial charge in [-0.2, -0.15) is 0 Å². The maximum absolute atomic E-state index is 12.8. The van der Waals surface area contributed by atoms with E-state index < -0.39 is 0 Å². The van der Waals surface area contributed by atoms with Gasteiger partial charge in [0.05, 0.1) is 19.8 Å². The van der Waals surface area contributed by atoms with Gasteiger partial charge in [-0.1, -0.05) is 6.07 Å². The van der Waals surface area contributed by atoms with Crippen molar-refractivity contribution >= 4 is 18.3 Å². The molecule has 1 amide bonds. The van der Waals surface area contributed by atoms with Crippen LogP contribution >= 0.6 is 12.4 Å². The van der Waals surface area contributed by atoms with Gasteiger partial charge in [0, 0.05) is 19.1 Å². The summed E-state index contributed by atoms with van der Waals surface area (Å²) in [4.78, 5) is 14.7.